The summed E-state index contributed by atoms with van der Waals surface area (Å²) in [5, 5.41) is 0. The van der Waals surface area contributed by atoms with E-state index < -0.39 is 0 Å². The maximum atomic E-state index is 2.29. The Morgan fingerprint density at radius 3 is 0.393 bits per heavy atom. The van der Waals surface area contributed by atoms with E-state index in [2.05, 4.69) is 27.7 Å². The summed E-state index contributed by atoms with van der Waals surface area (Å²) in [6.07, 6.45) is 34.9. The molecule has 0 atom stereocenters. The Morgan fingerprint density at radius 2 is 0.286 bits per heavy atom. The molecular formula is C28H60. The minimum Gasteiger partial charge on any atom is -0.0654 e. The Hall–Kier alpha value is 0. The normalized spacial score (nSPS) is 10.7. The molecule has 172 valence electrons. The molecule has 0 aliphatic rings. The van der Waals surface area contributed by atoms with Crippen LogP contribution in [0.5, 0.6) is 0 Å². The van der Waals surface area contributed by atoms with Crippen LogP contribution in [0.2, 0.25) is 0 Å². The summed E-state index contributed by atoms with van der Waals surface area (Å²) in [6, 6.07) is 0. The highest BCUT2D eigenvalue weighted by atomic mass is 14.0. The van der Waals surface area contributed by atoms with Crippen LogP contribution in [0.25, 0.3) is 0 Å². The van der Waals surface area contributed by atoms with Gasteiger partial charge in [0.05, 0.1) is 0 Å². The van der Waals surface area contributed by atoms with Gasteiger partial charge in [0.15, 0.2) is 0 Å². The van der Waals surface area contributed by atoms with E-state index in [0.29, 0.717) is 0 Å². The lowest BCUT2D eigenvalue weighted by Gasteiger charge is -2.03. The van der Waals surface area contributed by atoms with Crippen LogP contribution in [0.3, 0.4) is 0 Å². The largest absolute Gasteiger partial charge is 0.0654 e. The number of rotatable bonds is 22. The van der Waals surface area contributed by atoms with Crippen LogP contribution in [0.1, 0.15) is 182 Å². The van der Waals surface area contributed by atoms with Gasteiger partial charge < -0.3 is 0 Å². The van der Waals surface area contributed by atoms with Crippen molar-refractivity contribution < 1.29 is 0 Å². The SMILES string of the molecule is CCCCCCCCCC.CCCCCCCCCCCCCCCCCC. The first-order valence-corrected chi connectivity index (χ1v) is 13.8. The van der Waals surface area contributed by atoms with Gasteiger partial charge >= 0.3 is 0 Å². The summed E-state index contributed by atoms with van der Waals surface area (Å²) in [5.74, 6) is 0. The van der Waals surface area contributed by atoms with Crippen molar-refractivity contribution in [3.05, 3.63) is 0 Å². The average molecular weight is 397 g/mol. The summed E-state index contributed by atoms with van der Waals surface area (Å²) in [5.41, 5.74) is 0. The molecule has 0 aromatic rings. The third-order valence-corrected chi connectivity index (χ3v) is 5.91. The maximum absolute atomic E-state index is 2.29. The van der Waals surface area contributed by atoms with Crippen LogP contribution < -0.4 is 0 Å². The molecule has 0 heteroatoms. The average Bonchev–Trinajstić information content (AvgIpc) is 2.71. The van der Waals surface area contributed by atoms with Gasteiger partial charge in [-0.2, -0.15) is 0 Å². The number of hydrogen-bond donors (Lipinski definition) is 0. The van der Waals surface area contributed by atoms with Gasteiger partial charge in [0.2, 0.25) is 0 Å². The van der Waals surface area contributed by atoms with Gasteiger partial charge in [-0.3, -0.25) is 0 Å². The molecule has 28 heavy (non-hydrogen) atoms. The fraction of sp³-hybridized carbons (Fsp3) is 1.00. The molecule has 0 fully saturated rings. The molecule has 0 radical (unpaired) electrons. The van der Waals surface area contributed by atoms with E-state index in [4.69, 9.17) is 0 Å². The molecule has 0 rings (SSSR count). The van der Waals surface area contributed by atoms with Crippen molar-refractivity contribution in [1.29, 1.82) is 0 Å². The molecule has 0 aromatic heterocycles. The van der Waals surface area contributed by atoms with Crippen molar-refractivity contribution in [2.75, 3.05) is 0 Å². The van der Waals surface area contributed by atoms with Crippen molar-refractivity contribution in [3.8, 4) is 0 Å². The zero-order valence-corrected chi connectivity index (χ0v) is 21.0. The molecule has 0 nitrogen and oxygen atoms in total. The van der Waals surface area contributed by atoms with Crippen molar-refractivity contribution in [2.45, 2.75) is 182 Å². The second-order valence-corrected chi connectivity index (χ2v) is 9.07. The maximum Gasteiger partial charge on any atom is -0.0533 e. The molecular weight excluding hydrogens is 336 g/mol. The molecule has 0 aliphatic carbocycles. The van der Waals surface area contributed by atoms with E-state index in [0.717, 1.165) is 0 Å². The second kappa shape index (κ2) is 31.7. The van der Waals surface area contributed by atoms with E-state index in [1.165, 1.54) is 154 Å². The van der Waals surface area contributed by atoms with E-state index in [9.17, 15) is 0 Å². The van der Waals surface area contributed by atoms with Gasteiger partial charge in [-0.15, -0.1) is 0 Å². The lowest BCUT2D eigenvalue weighted by molar-refractivity contribution is 0.531. The van der Waals surface area contributed by atoms with Crippen LogP contribution in [0, 0.1) is 0 Å². The van der Waals surface area contributed by atoms with Crippen molar-refractivity contribution in [1.82, 2.24) is 0 Å². The van der Waals surface area contributed by atoms with Gasteiger partial charge in [-0.1, -0.05) is 182 Å². The van der Waals surface area contributed by atoms with E-state index in [1.54, 1.807) is 0 Å². The molecule has 0 spiro atoms. The lowest BCUT2D eigenvalue weighted by atomic mass is 10.0. The summed E-state index contributed by atoms with van der Waals surface area (Å²) in [4.78, 5) is 0. The Kier molecular flexibility index (Phi) is 34.2. The third kappa shape index (κ3) is 33.6. The topological polar surface area (TPSA) is 0 Å². The van der Waals surface area contributed by atoms with Gasteiger partial charge in [-0.25, -0.2) is 0 Å². The number of hydrogen-bond acceptors (Lipinski definition) is 0. The lowest BCUT2D eigenvalue weighted by Crippen LogP contribution is -1.83. The molecule has 0 heterocycles. The first-order valence-electron chi connectivity index (χ1n) is 13.8. The van der Waals surface area contributed by atoms with Crippen molar-refractivity contribution in [3.63, 3.8) is 0 Å². The van der Waals surface area contributed by atoms with Crippen LogP contribution in [-0.2, 0) is 0 Å². The highest BCUT2D eigenvalue weighted by molar-refractivity contribution is 4.49. The standard InChI is InChI=1S/C18H38.C10H22/c1-3-5-7-9-11-13-15-17-18-16-14-12-10-8-6-4-2;1-3-5-7-9-10-8-6-4-2/h3-18H2,1-2H3;3-10H2,1-2H3. The highest BCUT2D eigenvalue weighted by Gasteiger charge is 1.93. The molecule has 0 aromatic carbocycles. The quantitative estimate of drug-likeness (QED) is 0.160. The van der Waals surface area contributed by atoms with Crippen LogP contribution in [0.4, 0.5) is 0 Å². The third-order valence-electron chi connectivity index (χ3n) is 5.91. The predicted molar refractivity (Wildman–Crippen MR) is 134 cm³/mol. The molecule has 0 aliphatic heterocycles. The molecule has 0 unspecified atom stereocenters. The van der Waals surface area contributed by atoms with E-state index in [-0.39, 0.29) is 0 Å². The summed E-state index contributed by atoms with van der Waals surface area (Å²) >= 11 is 0. The summed E-state index contributed by atoms with van der Waals surface area (Å²) < 4.78 is 0. The van der Waals surface area contributed by atoms with Crippen LogP contribution >= 0.6 is 0 Å². The monoisotopic (exact) mass is 396 g/mol. The Morgan fingerprint density at radius 1 is 0.179 bits per heavy atom. The fourth-order valence-corrected chi connectivity index (χ4v) is 3.83. The van der Waals surface area contributed by atoms with Gasteiger partial charge in [0.25, 0.3) is 0 Å². The first kappa shape index (κ1) is 30.2. The Balaban J connectivity index is 0. The number of unbranched alkanes of at least 4 members (excludes halogenated alkanes) is 22. The van der Waals surface area contributed by atoms with Crippen LogP contribution in [0.15, 0.2) is 0 Å². The Bertz CT molecular complexity index is 196. The van der Waals surface area contributed by atoms with Crippen molar-refractivity contribution in [2.24, 2.45) is 0 Å². The summed E-state index contributed by atoms with van der Waals surface area (Å²) in [7, 11) is 0. The highest BCUT2D eigenvalue weighted by Crippen LogP contribution is 2.13. The second-order valence-electron chi connectivity index (χ2n) is 9.07. The Labute approximate surface area is 182 Å². The van der Waals surface area contributed by atoms with Crippen LogP contribution in [-0.4, -0.2) is 0 Å². The van der Waals surface area contributed by atoms with Crippen molar-refractivity contribution >= 4 is 0 Å². The summed E-state index contributed by atoms with van der Waals surface area (Å²) in [6.45, 7) is 9.13. The smallest absolute Gasteiger partial charge is 0.0533 e. The molecule has 0 amide bonds. The molecule has 0 saturated carbocycles. The zero-order valence-electron chi connectivity index (χ0n) is 21.0. The minimum atomic E-state index is 1.37. The zero-order chi connectivity index (χ0) is 21.0. The predicted octanol–water partition coefficient (Wildman–Crippen LogP) is 11.4. The molecule has 0 N–H and O–H groups in total. The molecule has 0 saturated heterocycles. The van der Waals surface area contributed by atoms with Gasteiger partial charge in [0.1, 0.15) is 0 Å². The van der Waals surface area contributed by atoms with Gasteiger partial charge in [-0.05, 0) is 0 Å². The van der Waals surface area contributed by atoms with E-state index >= 15 is 0 Å². The minimum absolute atomic E-state index is 1.37. The first-order chi connectivity index (χ1) is 13.8. The van der Waals surface area contributed by atoms with E-state index in [1.807, 2.05) is 0 Å². The van der Waals surface area contributed by atoms with Gasteiger partial charge in [0, 0.05) is 0 Å². The molecule has 0 bridgehead atoms. The fourth-order valence-electron chi connectivity index (χ4n) is 3.83.